The Hall–Kier alpha value is -2.30. The number of nitrogens with zero attached hydrogens (tertiary/aromatic N) is 1. The lowest BCUT2D eigenvalue weighted by atomic mass is 10.2. The Bertz CT molecular complexity index is 600. The van der Waals surface area contributed by atoms with Crippen molar-refractivity contribution in [1.82, 2.24) is 9.97 Å². The lowest BCUT2D eigenvalue weighted by Crippen LogP contribution is -2.10. The summed E-state index contributed by atoms with van der Waals surface area (Å²) in [6, 6.07) is 6.79. The minimum absolute atomic E-state index is 0.232. The highest BCUT2D eigenvalue weighted by Crippen LogP contribution is 2.29. The second kappa shape index (κ2) is 4.91. The van der Waals surface area contributed by atoms with Gasteiger partial charge in [0.1, 0.15) is 5.82 Å². The van der Waals surface area contributed by atoms with Crippen molar-refractivity contribution in [3.05, 3.63) is 46.0 Å². The van der Waals surface area contributed by atoms with Crippen molar-refractivity contribution in [3.63, 3.8) is 0 Å². The monoisotopic (exact) mass is 245 g/mol. The average Bonchev–Trinajstić information content (AvgIpc) is 2.33. The first-order chi connectivity index (χ1) is 8.60. The molecule has 94 valence electrons. The van der Waals surface area contributed by atoms with E-state index in [1.165, 1.54) is 6.07 Å². The number of H-pyrrole nitrogens is 1. The van der Waals surface area contributed by atoms with Crippen molar-refractivity contribution >= 4 is 5.69 Å². The zero-order valence-electron chi connectivity index (χ0n) is 10.4. The lowest BCUT2D eigenvalue weighted by Gasteiger charge is -2.10. The number of hydrogen-bond acceptors (Lipinski definition) is 4. The molecule has 0 saturated heterocycles. The van der Waals surface area contributed by atoms with Crippen molar-refractivity contribution in [1.29, 1.82) is 0 Å². The largest absolute Gasteiger partial charge is 0.436 e. The molecule has 0 unspecified atom stereocenters. The zero-order valence-corrected chi connectivity index (χ0v) is 10.4. The van der Waals surface area contributed by atoms with Crippen molar-refractivity contribution in [2.45, 2.75) is 20.3 Å². The summed E-state index contributed by atoms with van der Waals surface area (Å²) in [7, 11) is 0. The molecule has 1 aromatic carbocycles. The SMILES string of the molecule is CCc1nc(Oc2c(C)cccc2N)cc(=O)[nH]1. The molecule has 0 aliphatic rings. The molecule has 18 heavy (non-hydrogen) atoms. The van der Waals surface area contributed by atoms with E-state index in [1.54, 1.807) is 6.07 Å². The molecule has 0 fully saturated rings. The Morgan fingerprint density at radius 3 is 2.89 bits per heavy atom. The Morgan fingerprint density at radius 2 is 2.22 bits per heavy atom. The van der Waals surface area contributed by atoms with Crippen LogP contribution in [0.5, 0.6) is 11.6 Å². The third kappa shape index (κ3) is 2.51. The number of ether oxygens (including phenoxy) is 1. The van der Waals surface area contributed by atoms with Gasteiger partial charge in [0.05, 0.1) is 11.8 Å². The van der Waals surface area contributed by atoms with Crippen LogP contribution in [0.4, 0.5) is 5.69 Å². The Balaban J connectivity index is 2.40. The van der Waals surface area contributed by atoms with E-state index in [2.05, 4.69) is 9.97 Å². The van der Waals surface area contributed by atoms with Crippen LogP contribution >= 0.6 is 0 Å². The van der Waals surface area contributed by atoms with Crippen LogP contribution in [0.15, 0.2) is 29.1 Å². The van der Waals surface area contributed by atoms with Crippen LogP contribution < -0.4 is 16.0 Å². The van der Waals surface area contributed by atoms with Gasteiger partial charge in [-0.3, -0.25) is 4.79 Å². The second-order valence-electron chi connectivity index (χ2n) is 3.98. The van der Waals surface area contributed by atoms with Crippen LogP contribution in [-0.2, 0) is 6.42 Å². The van der Waals surface area contributed by atoms with Gasteiger partial charge in [-0.15, -0.1) is 0 Å². The van der Waals surface area contributed by atoms with Gasteiger partial charge in [-0.2, -0.15) is 4.98 Å². The van der Waals surface area contributed by atoms with Crippen LogP contribution in [0.25, 0.3) is 0 Å². The number of nitrogens with one attached hydrogen (secondary N) is 1. The summed E-state index contributed by atoms with van der Waals surface area (Å²) < 4.78 is 5.61. The van der Waals surface area contributed by atoms with E-state index in [0.717, 1.165) is 5.56 Å². The molecular weight excluding hydrogens is 230 g/mol. The minimum atomic E-state index is -0.232. The molecule has 0 radical (unpaired) electrons. The predicted molar refractivity (Wildman–Crippen MR) is 69.9 cm³/mol. The van der Waals surface area contributed by atoms with E-state index in [9.17, 15) is 4.79 Å². The molecule has 3 N–H and O–H groups in total. The molecule has 0 bridgehead atoms. The minimum Gasteiger partial charge on any atom is -0.436 e. The first-order valence-electron chi connectivity index (χ1n) is 5.73. The maximum absolute atomic E-state index is 11.4. The summed E-state index contributed by atoms with van der Waals surface area (Å²) in [5.74, 6) is 1.39. The van der Waals surface area contributed by atoms with Gasteiger partial charge >= 0.3 is 0 Å². The fourth-order valence-electron chi connectivity index (χ4n) is 1.62. The average molecular weight is 245 g/mol. The van der Waals surface area contributed by atoms with Gasteiger partial charge in [-0.25, -0.2) is 0 Å². The smallest absolute Gasteiger partial charge is 0.254 e. The van der Waals surface area contributed by atoms with Gasteiger partial charge in [0.15, 0.2) is 5.75 Å². The van der Waals surface area contributed by atoms with E-state index in [4.69, 9.17) is 10.5 Å². The van der Waals surface area contributed by atoms with Gasteiger partial charge in [0.25, 0.3) is 5.56 Å². The van der Waals surface area contributed by atoms with Crippen LogP contribution in [-0.4, -0.2) is 9.97 Å². The molecule has 0 aliphatic carbocycles. The van der Waals surface area contributed by atoms with Gasteiger partial charge in [-0.05, 0) is 18.6 Å². The Kier molecular flexibility index (Phi) is 3.32. The highest BCUT2D eigenvalue weighted by atomic mass is 16.5. The second-order valence-corrected chi connectivity index (χ2v) is 3.98. The summed E-state index contributed by atoms with van der Waals surface area (Å²) in [5.41, 5.74) is 7.03. The number of anilines is 1. The number of nitrogens with two attached hydrogens (primary N) is 1. The Labute approximate surface area is 105 Å². The van der Waals surface area contributed by atoms with Crippen LogP contribution in [0, 0.1) is 6.92 Å². The number of rotatable bonds is 3. The maximum Gasteiger partial charge on any atom is 0.254 e. The third-order valence-corrected chi connectivity index (χ3v) is 2.55. The van der Waals surface area contributed by atoms with E-state index in [-0.39, 0.29) is 11.4 Å². The molecule has 0 atom stereocenters. The Morgan fingerprint density at radius 1 is 1.44 bits per heavy atom. The number of aromatic amines is 1. The van der Waals surface area contributed by atoms with E-state index in [1.807, 2.05) is 26.0 Å². The quantitative estimate of drug-likeness (QED) is 0.810. The molecule has 5 heteroatoms. The van der Waals surface area contributed by atoms with E-state index < -0.39 is 0 Å². The van der Waals surface area contributed by atoms with Gasteiger partial charge in [0.2, 0.25) is 5.88 Å². The predicted octanol–water partition coefficient (Wildman–Crippen LogP) is 2.02. The van der Waals surface area contributed by atoms with Crippen molar-refractivity contribution in [2.24, 2.45) is 0 Å². The summed E-state index contributed by atoms with van der Waals surface area (Å²) in [4.78, 5) is 18.3. The molecule has 1 aromatic heterocycles. The normalized spacial score (nSPS) is 10.3. The van der Waals surface area contributed by atoms with Crippen molar-refractivity contribution in [2.75, 3.05) is 5.73 Å². The standard InChI is InChI=1S/C13H15N3O2/c1-3-10-15-11(17)7-12(16-10)18-13-8(2)5-4-6-9(13)14/h4-7H,3,14H2,1-2H3,(H,15,16,17). The first-order valence-corrected chi connectivity index (χ1v) is 5.73. The number of aryl methyl sites for hydroxylation is 2. The van der Waals surface area contributed by atoms with Gasteiger partial charge in [0, 0.05) is 6.42 Å². The lowest BCUT2D eigenvalue weighted by molar-refractivity contribution is 0.456. The van der Waals surface area contributed by atoms with E-state index in [0.29, 0.717) is 23.7 Å². The summed E-state index contributed by atoms with van der Waals surface area (Å²) >= 11 is 0. The number of hydrogen-bond donors (Lipinski definition) is 2. The van der Waals surface area contributed by atoms with Crippen molar-refractivity contribution in [3.8, 4) is 11.6 Å². The number of para-hydroxylation sites is 1. The van der Waals surface area contributed by atoms with Gasteiger partial charge < -0.3 is 15.5 Å². The zero-order chi connectivity index (χ0) is 13.1. The maximum atomic E-state index is 11.4. The topological polar surface area (TPSA) is 81.0 Å². The molecule has 0 aliphatic heterocycles. The fourth-order valence-corrected chi connectivity index (χ4v) is 1.62. The molecule has 0 saturated carbocycles. The third-order valence-electron chi connectivity index (χ3n) is 2.55. The summed E-state index contributed by atoms with van der Waals surface area (Å²) in [6.07, 6.45) is 0.635. The highest BCUT2D eigenvalue weighted by Gasteiger charge is 2.08. The summed E-state index contributed by atoms with van der Waals surface area (Å²) in [6.45, 7) is 3.80. The molecule has 2 rings (SSSR count). The molecule has 1 heterocycles. The van der Waals surface area contributed by atoms with Crippen LogP contribution in [0.1, 0.15) is 18.3 Å². The van der Waals surface area contributed by atoms with Crippen LogP contribution in [0.3, 0.4) is 0 Å². The number of aromatic nitrogens is 2. The molecule has 5 nitrogen and oxygen atoms in total. The van der Waals surface area contributed by atoms with Crippen molar-refractivity contribution < 1.29 is 4.74 Å². The molecule has 0 spiro atoms. The highest BCUT2D eigenvalue weighted by molar-refractivity contribution is 5.57. The number of nitrogen functional groups attached to an aromatic ring is 1. The molecule has 2 aromatic rings. The fraction of sp³-hybridized carbons (Fsp3) is 0.231. The first kappa shape index (κ1) is 12.2. The summed E-state index contributed by atoms with van der Waals surface area (Å²) in [5, 5.41) is 0. The molecule has 0 amide bonds. The van der Waals surface area contributed by atoms with Crippen LogP contribution in [0.2, 0.25) is 0 Å². The number of benzene rings is 1. The molecular formula is C13H15N3O2. The van der Waals surface area contributed by atoms with E-state index >= 15 is 0 Å². The van der Waals surface area contributed by atoms with Gasteiger partial charge in [-0.1, -0.05) is 19.1 Å².